The van der Waals surface area contributed by atoms with Crippen molar-refractivity contribution in [3.8, 4) is 11.5 Å². The van der Waals surface area contributed by atoms with E-state index in [-0.39, 0.29) is 0 Å². The predicted molar refractivity (Wildman–Crippen MR) is 84.4 cm³/mol. The minimum atomic E-state index is 0.617. The van der Waals surface area contributed by atoms with Gasteiger partial charge in [0.1, 0.15) is 13.2 Å². The Morgan fingerprint density at radius 3 is 2.90 bits per heavy atom. The van der Waals surface area contributed by atoms with E-state index in [0.717, 1.165) is 29.2 Å². The summed E-state index contributed by atoms with van der Waals surface area (Å²) in [5.41, 5.74) is 5.19. The van der Waals surface area contributed by atoms with Crippen molar-refractivity contribution >= 4 is 27.2 Å². The first-order valence-corrected chi connectivity index (χ1v) is 7.72. The van der Waals surface area contributed by atoms with Crippen molar-refractivity contribution < 1.29 is 9.47 Å². The quantitative estimate of drug-likeness (QED) is 0.801. The molecular weight excluding hydrogens is 284 g/mol. The summed E-state index contributed by atoms with van der Waals surface area (Å²) in [7, 11) is 0. The molecule has 2 aromatic carbocycles. The Balaban J connectivity index is 1.50. The Kier molecular flexibility index (Phi) is 3.12. The molecule has 0 unspecified atom stereocenters. The number of nitrogens with one attached hydrogen (secondary N) is 1. The van der Waals surface area contributed by atoms with Crippen LogP contribution in [0.4, 0.5) is 5.69 Å². The van der Waals surface area contributed by atoms with Gasteiger partial charge in [0.2, 0.25) is 0 Å². The molecule has 1 aromatic heterocycles. The summed E-state index contributed by atoms with van der Waals surface area (Å²) in [5.74, 6) is 1.66. The van der Waals surface area contributed by atoms with Gasteiger partial charge in [-0.3, -0.25) is 0 Å². The maximum Gasteiger partial charge on any atom is 0.161 e. The molecule has 0 saturated carbocycles. The predicted octanol–water partition coefficient (Wildman–Crippen LogP) is 3.68. The number of fused-ring (bicyclic) bond motifs is 2. The number of nitrogens with zero attached hydrogens (tertiary/aromatic N) is 1. The van der Waals surface area contributed by atoms with Crippen LogP contribution >= 0.6 is 11.3 Å². The first-order chi connectivity index (χ1) is 10.4. The van der Waals surface area contributed by atoms with Crippen LogP contribution in [0.15, 0.2) is 41.9 Å². The number of hydrogen-bond acceptors (Lipinski definition) is 5. The zero-order valence-corrected chi connectivity index (χ0v) is 12.2. The van der Waals surface area contributed by atoms with Gasteiger partial charge in [-0.25, -0.2) is 4.98 Å². The van der Waals surface area contributed by atoms with Gasteiger partial charge < -0.3 is 14.8 Å². The fourth-order valence-electron chi connectivity index (χ4n) is 2.37. The van der Waals surface area contributed by atoms with Crippen molar-refractivity contribution in [3.63, 3.8) is 0 Å². The van der Waals surface area contributed by atoms with E-state index < -0.39 is 0 Å². The fourth-order valence-corrected chi connectivity index (χ4v) is 3.08. The molecule has 0 fully saturated rings. The van der Waals surface area contributed by atoms with Crippen LogP contribution in [0.5, 0.6) is 11.5 Å². The molecule has 1 aliphatic rings. The molecule has 1 N–H and O–H groups in total. The molecule has 4 rings (SSSR count). The average molecular weight is 298 g/mol. The number of ether oxygens (including phenoxy) is 2. The van der Waals surface area contributed by atoms with Gasteiger partial charge in [-0.15, -0.1) is 11.3 Å². The van der Waals surface area contributed by atoms with E-state index in [9.17, 15) is 0 Å². The van der Waals surface area contributed by atoms with Gasteiger partial charge in [0.25, 0.3) is 0 Å². The first kappa shape index (κ1) is 12.5. The molecule has 21 heavy (non-hydrogen) atoms. The van der Waals surface area contributed by atoms with Crippen LogP contribution in [-0.2, 0) is 6.54 Å². The van der Waals surface area contributed by atoms with Gasteiger partial charge in [0.05, 0.1) is 15.7 Å². The van der Waals surface area contributed by atoms with Gasteiger partial charge in [-0.2, -0.15) is 0 Å². The minimum absolute atomic E-state index is 0.617. The van der Waals surface area contributed by atoms with Crippen molar-refractivity contribution in [2.45, 2.75) is 6.54 Å². The molecule has 3 aromatic rings. The second kappa shape index (κ2) is 5.26. The lowest BCUT2D eigenvalue weighted by Gasteiger charge is -2.19. The topological polar surface area (TPSA) is 43.4 Å². The van der Waals surface area contributed by atoms with Crippen LogP contribution in [0, 0.1) is 0 Å². The van der Waals surface area contributed by atoms with Gasteiger partial charge in [-0.05, 0) is 35.9 Å². The van der Waals surface area contributed by atoms with Crippen molar-refractivity contribution in [1.82, 2.24) is 4.98 Å². The SMILES string of the molecule is c1nc2ccc(NCc3ccc4c(c3)OCCO4)cc2s1. The smallest absolute Gasteiger partial charge is 0.161 e. The third-order valence-electron chi connectivity index (χ3n) is 3.43. The molecule has 0 saturated heterocycles. The Morgan fingerprint density at radius 1 is 1.05 bits per heavy atom. The number of aromatic nitrogens is 1. The summed E-state index contributed by atoms with van der Waals surface area (Å²) < 4.78 is 12.3. The molecule has 0 spiro atoms. The molecule has 106 valence electrons. The summed E-state index contributed by atoms with van der Waals surface area (Å²) in [6, 6.07) is 12.3. The van der Waals surface area contributed by atoms with Crippen molar-refractivity contribution in [2.75, 3.05) is 18.5 Å². The highest BCUT2D eigenvalue weighted by atomic mass is 32.1. The van der Waals surface area contributed by atoms with Crippen molar-refractivity contribution in [3.05, 3.63) is 47.5 Å². The van der Waals surface area contributed by atoms with E-state index >= 15 is 0 Å². The second-order valence-electron chi connectivity index (χ2n) is 4.87. The minimum Gasteiger partial charge on any atom is -0.486 e. The number of benzene rings is 2. The van der Waals surface area contributed by atoms with E-state index in [1.165, 1.54) is 10.3 Å². The van der Waals surface area contributed by atoms with Crippen LogP contribution in [-0.4, -0.2) is 18.2 Å². The highest BCUT2D eigenvalue weighted by molar-refractivity contribution is 7.16. The van der Waals surface area contributed by atoms with E-state index in [4.69, 9.17) is 9.47 Å². The van der Waals surface area contributed by atoms with Gasteiger partial charge in [-0.1, -0.05) is 6.07 Å². The third kappa shape index (κ3) is 2.52. The number of rotatable bonds is 3. The third-order valence-corrected chi connectivity index (χ3v) is 4.23. The molecule has 0 amide bonds. The maximum atomic E-state index is 5.60. The van der Waals surface area contributed by atoms with E-state index in [1.807, 2.05) is 23.7 Å². The lowest BCUT2D eigenvalue weighted by atomic mass is 10.2. The van der Waals surface area contributed by atoms with E-state index in [0.29, 0.717) is 13.2 Å². The second-order valence-corrected chi connectivity index (χ2v) is 5.75. The molecule has 0 atom stereocenters. The lowest BCUT2D eigenvalue weighted by molar-refractivity contribution is 0.171. The Bertz CT molecular complexity index is 785. The monoisotopic (exact) mass is 298 g/mol. The molecular formula is C16H14N2O2S. The fraction of sp³-hybridized carbons (Fsp3) is 0.188. The zero-order valence-electron chi connectivity index (χ0n) is 11.3. The molecule has 1 aliphatic heterocycles. The maximum absolute atomic E-state index is 5.60. The van der Waals surface area contributed by atoms with Crippen LogP contribution in [0.3, 0.4) is 0 Å². The molecule has 4 nitrogen and oxygen atoms in total. The highest BCUT2D eigenvalue weighted by Crippen LogP contribution is 2.31. The Morgan fingerprint density at radius 2 is 1.95 bits per heavy atom. The molecule has 0 radical (unpaired) electrons. The molecule has 0 aliphatic carbocycles. The number of hydrogen-bond donors (Lipinski definition) is 1. The van der Waals surface area contributed by atoms with E-state index in [2.05, 4.69) is 28.5 Å². The Hall–Kier alpha value is -2.27. The van der Waals surface area contributed by atoms with Crippen LogP contribution in [0.25, 0.3) is 10.2 Å². The Labute approximate surface area is 126 Å². The van der Waals surface area contributed by atoms with Crippen molar-refractivity contribution in [1.29, 1.82) is 0 Å². The molecule has 0 bridgehead atoms. The normalized spacial score (nSPS) is 13.3. The summed E-state index contributed by atoms with van der Waals surface area (Å²) in [6.45, 7) is 1.99. The van der Waals surface area contributed by atoms with Crippen LogP contribution < -0.4 is 14.8 Å². The number of anilines is 1. The van der Waals surface area contributed by atoms with Crippen LogP contribution in [0.1, 0.15) is 5.56 Å². The number of thiazole rings is 1. The van der Waals surface area contributed by atoms with Crippen molar-refractivity contribution in [2.24, 2.45) is 0 Å². The largest absolute Gasteiger partial charge is 0.486 e. The average Bonchev–Trinajstić information content (AvgIpc) is 3.00. The summed E-state index contributed by atoms with van der Waals surface area (Å²) in [4.78, 5) is 4.29. The zero-order chi connectivity index (χ0) is 14.1. The van der Waals surface area contributed by atoms with Gasteiger partial charge in [0, 0.05) is 12.2 Å². The van der Waals surface area contributed by atoms with Gasteiger partial charge in [0.15, 0.2) is 11.5 Å². The standard InChI is InChI=1S/C16H14N2O2S/c1-4-14-15(20-6-5-19-14)7-11(1)9-17-12-2-3-13-16(8-12)21-10-18-13/h1-4,7-8,10,17H,5-6,9H2. The van der Waals surface area contributed by atoms with Crippen LogP contribution in [0.2, 0.25) is 0 Å². The highest BCUT2D eigenvalue weighted by Gasteiger charge is 2.11. The molecule has 5 heteroatoms. The summed E-state index contributed by atoms with van der Waals surface area (Å²) in [5, 5.41) is 3.43. The lowest BCUT2D eigenvalue weighted by Crippen LogP contribution is -2.15. The first-order valence-electron chi connectivity index (χ1n) is 6.84. The van der Waals surface area contributed by atoms with Gasteiger partial charge >= 0.3 is 0 Å². The van der Waals surface area contributed by atoms with E-state index in [1.54, 1.807) is 11.3 Å². The summed E-state index contributed by atoms with van der Waals surface area (Å²) in [6.07, 6.45) is 0. The molecule has 2 heterocycles. The summed E-state index contributed by atoms with van der Waals surface area (Å²) >= 11 is 1.65.